The molecule has 0 saturated heterocycles. The van der Waals surface area contributed by atoms with Crippen molar-refractivity contribution in [1.29, 1.82) is 0 Å². The predicted molar refractivity (Wildman–Crippen MR) is 183 cm³/mol. The van der Waals surface area contributed by atoms with Gasteiger partial charge < -0.3 is 51.1 Å². The Hall–Kier alpha value is -2.22. The summed E-state index contributed by atoms with van der Waals surface area (Å²) in [5.41, 5.74) is 2.35. The summed E-state index contributed by atoms with van der Waals surface area (Å²) in [7, 11) is 0. The monoisotopic (exact) mass is 674 g/mol. The van der Waals surface area contributed by atoms with Crippen LogP contribution in [0.15, 0.2) is 72.8 Å². The summed E-state index contributed by atoms with van der Waals surface area (Å²) < 4.78 is 0. The van der Waals surface area contributed by atoms with Gasteiger partial charge in [-0.25, -0.2) is 0 Å². The van der Waals surface area contributed by atoms with Crippen molar-refractivity contribution in [2.75, 3.05) is 13.2 Å². The van der Waals surface area contributed by atoms with E-state index in [-0.39, 0.29) is 56.1 Å². The summed E-state index contributed by atoms with van der Waals surface area (Å²) in [4.78, 5) is 0. The van der Waals surface area contributed by atoms with E-state index in [0.29, 0.717) is 32.1 Å². The lowest BCUT2D eigenvalue weighted by Crippen LogP contribution is -2.29. The van der Waals surface area contributed by atoms with Crippen LogP contribution in [0, 0.1) is 23.7 Å². The highest BCUT2D eigenvalue weighted by Gasteiger charge is 2.42. The third kappa shape index (κ3) is 13.2. The standard InChI is InChI=1S/C19H30O5.C19H28O5/c2*20-12-15(22)10-17-16(18(23)11-19(17)24)9-8-14(21)7-6-13-4-2-1-3-5-13/h1-5,14-24H,6-12H2;1-5,8-9,14-24H,6-7,10-12H2/b;9-8+/t2*14-,15?,16+,17+,18+,19-/m00/s1. The second-order valence-corrected chi connectivity index (χ2v) is 13.7. The van der Waals surface area contributed by atoms with Gasteiger partial charge in [-0.1, -0.05) is 72.8 Å². The molecule has 0 amide bonds. The van der Waals surface area contributed by atoms with Crippen molar-refractivity contribution in [3.8, 4) is 0 Å². The highest BCUT2D eigenvalue weighted by molar-refractivity contribution is 5.16. The van der Waals surface area contributed by atoms with Gasteiger partial charge >= 0.3 is 0 Å². The molecular weight excluding hydrogens is 616 g/mol. The van der Waals surface area contributed by atoms with Crippen molar-refractivity contribution in [2.24, 2.45) is 23.7 Å². The fourth-order valence-corrected chi connectivity index (χ4v) is 7.21. The lowest BCUT2D eigenvalue weighted by atomic mass is 9.84. The number of aliphatic hydroxyl groups excluding tert-OH is 10. The van der Waals surface area contributed by atoms with Crippen LogP contribution in [0.25, 0.3) is 0 Å². The van der Waals surface area contributed by atoms with E-state index in [0.717, 1.165) is 18.4 Å². The molecule has 4 rings (SSSR count). The molecule has 10 N–H and O–H groups in total. The normalized spacial score (nSPS) is 29.7. The molecule has 0 aliphatic heterocycles. The van der Waals surface area contributed by atoms with E-state index < -0.39 is 48.8 Å². The highest BCUT2D eigenvalue weighted by atomic mass is 16.3. The molecule has 2 fully saturated rings. The van der Waals surface area contributed by atoms with Gasteiger partial charge in [0.25, 0.3) is 0 Å². The first kappa shape index (κ1) is 40.2. The lowest BCUT2D eigenvalue weighted by molar-refractivity contribution is 0.0263. The topological polar surface area (TPSA) is 202 Å². The maximum atomic E-state index is 10.2. The van der Waals surface area contributed by atoms with Gasteiger partial charge in [0.05, 0.1) is 62.0 Å². The molecule has 270 valence electrons. The van der Waals surface area contributed by atoms with Crippen molar-refractivity contribution in [2.45, 2.75) is 113 Å². The summed E-state index contributed by atoms with van der Waals surface area (Å²) >= 11 is 0. The van der Waals surface area contributed by atoms with E-state index in [2.05, 4.69) is 0 Å². The molecule has 2 saturated carbocycles. The van der Waals surface area contributed by atoms with Crippen LogP contribution < -0.4 is 0 Å². The Balaban J connectivity index is 0.000000260. The van der Waals surface area contributed by atoms with Gasteiger partial charge in [0.2, 0.25) is 0 Å². The van der Waals surface area contributed by atoms with Crippen LogP contribution in [0.2, 0.25) is 0 Å². The summed E-state index contributed by atoms with van der Waals surface area (Å²) in [5, 5.41) is 97.9. The number of aliphatic hydroxyl groups is 10. The van der Waals surface area contributed by atoms with Gasteiger partial charge in [0.1, 0.15) is 0 Å². The van der Waals surface area contributed by atoms with Gasteiger partial charge in [-0.15, -0.1) is 0 Å². The first-order valence-electron chi connectivity index (χ1n) is 17.4. The fraction of sp³-hybridized carbons (Fsp3) is 0.632. The average Bonchev–Trinajstić information content (AvgIpc) is 3.51. The molecule has 48 heavy (non-hydrogen) atoms. The molecule has 0 heterocycles. The minimum absolute atomic E-state index is 0.146. The van der Waals surface area contributed by atoms with Crippen molar-refractivity contribution in [3.63, 3.8) is 0 Å². The molecule has 0 spiro atoms. The predicted octanol–water partition coefficient (Wildman–Crippen LogP) is 1.50. The maximum absolute atomic E-state index is 10.2. The Labute approximate surface area is 284 Å². The smallest absolute Gasteiger partial charge is 0.0774 e. The summed E-state index contributed by atoms with van der Waals surface area (Å²) in [6.45, 7) is -0.707. The van der Waals surface area contributed by atoms with Crippen LogP contribution >= 0.6 is 0 Å². The number of hydrogen-bond donors (Lipinski definition) is 10. The largest absolute Gasteiger partial charge is 0.394 e. The average molecular weight is 675 g/mol. The maximum Gasteiger partial charge on any atom is 0.0774 e. The first-order valence-corrected chi connectivity index (χ1v) is 17.4. The zero-order chi connectivity index (χ0) is 35.1. The molecule has 0 radical (unpaired) electrons. The molecule has 2 aliphatic carbocycles. The van der Waals surface area contributed by atoms with Gasteiger partial charge in [-0.3, -0.25) is 0 Å². The Morgan fingerprint density at radius 1 is 0.562 bits per heavy atom. The third-order valence-corrected chi connectivity index (χ3v) is 10.0. The second-order valence-electron chi connectivity index (χ2n) is 13.7. The molecule has 10 nitrogen and oxygen atoms in total. The van der Waals surface area contributed by atoms with E-state index in [9.17, 15) is 40.9 Å². The van der Waals surface area contributed by atoms with Gasteiger partial charge in [-0.2, -0.15) is 0 Å². The van der Waals surface area contributed by atoms with E-state index in [1.54, 1.807) is 12.2 Å². The zero-order valence-corrected chi connectivity index (χ0v) is 27.8. The van der Waals surface area contributed by atoms with Crippen LogP contribution in [-0.4, -0.2) is 113 Å². The van der Waals surface area contributed by atoms with Crippen LogP contribution in [0.5, 0.6) is 0 Å². The third-order valence-electron chi connectivity index (χ3n) is 10.0. The first-order chi connectivity index (χ1) is 23.0. The second kappa shape index (κ2) is 21.1. The zero-order valence-electron chi connectivity index (χ0n) is 27.8. The molecule has 2 aromatic carbocycles. The number of hydrogen-bond acceptors (Lipinski definition) is 10. The molecule has 0 aromatic heterocycles. The summed E-state index contributed by atoms with van der Waals surface area (Å²) in [6.07, 6.45) is 2.90. The van der Waals surface area contributed by atoms with Crippen molar-refractivity contribution < 1.29 is 51.1 Å². The van der Waals surface area contributed by atoms with Crippen molar-refractivity contribution in [3.05, 3.63) is 83.9 Å². The van der Waals surface area contributed by atoms with E-state index >= 15 is 0 Å². The van der Waals surface area contributed by atoms with Gasteiger partial charge in [-0.05, 0) is 86.7 Å². The van der Waals surface area contributed by atoms with Gasteiger partial charge in [0.15, 0.2) is 0 Å². The lowest BCUT2D eigenvalue weighted by Gasteiger charge is -2.26. The Morgan fingerprint density at radius 2 is 1.04 bits per heavy atom. The fourth-order valence-electron chi connectivity index (χ4n) is 7.21. The SMILES string of the molecule is OCC(O)C[C@@H]1[C@@H](/C=C/[C@@H](O)CCc2ccccc2)[C@H](O)C[C@@H]1O.OCC(O)C[C@@H]1[C@@H](CC[C@@H](O)CCc2ccccc2)[C@H](O)C[C@@H]1O. The summed E-state index contributed by atoms with van der Waals surface area (Å²) in [6, 6.07) is 19.9. The quantitative estimate of drug-likeness (QED) is 0.110. The van der Waals surface area contributed by atoms with Gasteiger partial charge in [0, 0.05) is 12.3 Å². The van der Waals surface area contributed by atoms with E-state index in [1.165, 1.54) is 5.56 Å². The Bertz CT molecular complexity index is 1150. The summed E-state index contributed by atoms with van der Waals surface area (Å²) in [5.74, 6) is -1.02. The molecule has 2 aromatic rings. The molecule has 10 heteroatoms. The molecule has 0 bridgehead atoms. The minimum Gasteiger partial charge on any atom is -0.394 e. The Kier molecular flexibility index (Phi) is 17.7. The van der Waals surface area contributed by atoms with E-state index in [4.69, 9.17) is 10.2 Å². The number of rotatable bonds is 17. The molecule has 2 unspecified atom stereocenters. The van der Waals surface area contributed by atoms with Crippen molar-refractivity contribution >= 4 is 0 Å². The molecule has 2 aliphatic rings. The Morgan fingerprint density at radius 3 is 1.60 bits per heavy atom. The molecule has 12 atom stereocenters. The van der Waals surface area contributed by atoms with Crippen LogP contribution in [-0.2, 0) is 12.8 Å². The number of aryl methyl sites for hydroxylation is 2. The van der Waals surface area contributed by atoms with Crippen LogP contribution in [0.3, 0.4) is 0 Å². The number of benzene rings is 2. The van der Waals surface area contributed by atoms with Crippen LogP contribution in [0.1, 0.15) is 62.5 Å². The van der Waals surface area contributed by atoms with Crippen molar-refractivity contribution in [1.82, 2.24) is 0 Å². The van der Waals surface area contributed by atoms with E-state index in [1.807, 2.05) is 60.7 Å². The van der Waals surface area contributed by atoms with Crippen LogP contribution in [0.4, 0.5) is 0 Å². The molecular formula is C38H58O10. The highest BCUT2D eigenvalue weighted by Crippen LogP contribution is 2.39. The minimum atomic E-state index is -0.908.